The van der Waals surface area contributed by atoms with Crippen LogP contribution < -0.4 is 0 Å². The lowest BCUT2D eigenvalue weighted by Crippen LogP contribution is -2.27. The standard InChI is InChI=1S/C20H30N2O3S/c1-7-14-11-15(8-2)17(16(9-3)12-14)13-18(23)22(5)21-19(26-6)20(24)25-10-4/h11-12H,7-10,13H2,1-6H3. The number of benzene rings is 1. The summed E-state index contributed by atoms with van der Waals surface area (Å²) in [4.78, 5) is 24.5. The Kier molecular flexibility index (Phi) is 9.41. The molecule has 0 fully saturated rings. The number of nitrogens with zero attached hydrogens (tertiary/aromatic N) is 2. The van der Waals surface area contributed by atoms with Gasteiger partial charge in [0.25, 0.3) is 0 Å². The predicted molar refractivity (Wildman–Crippen MR) is 109 cm³/mol. The summed E-state index contributed by atoms with van der Waals surface area (Å²) in [5.41, 5.74) is 4.80. The number of hydrogen-bond acceptors (Lipinski definition) is 5. The van der Waals surface area contributed by atoms with Crippen molar-refractivity contribution in [2.75, 3.05) is 19.9 Å². The molecular weight excluding hydrogens is 348 g/mol. The number of carbonyl (C=O) groups is 2. The summed E-state index contributed by atoms with van der Waals surface area (Å²) in [6.45, 7) is 8.37. The third kappa shape index (κ3) is 5.87. The molecule has 1 amide bonds. The Morgan fingerprint density at radius 1 is 1.08 bits per heavy atom. The van der Waals surface area contributed by atoms with Gasteiger partial charge in [0.2, 0.25) is 11.0 Å². The van der Waals surface area contributed by atoms with Crippen molar-refractivity contribution in [1.82, 2.24) is 5.01 Å². The van der Waals surface area contributed by atoms with Gasteiger partial charge in [0.15, 0.2) is 0 Å². The van der Waals surface area contributed by atoms with Crippen LogP contribution in [0, 0.1) is 0 Å². The molecule has 0 saturated heterocycles. The fourth-order valence-corrected chi connectivity index (χ4v) is 3.18. The van der Waals surface area contributed by atoms with Crippen LogP contribution in [0.25, 0.3) is 0 Å². The molecule has 0 bridgehead atoms. The van der Waals surface area contributed by atoms with E-state index in [1.54, 1.807) is 20.2 Å². The highest BCUT2D eigenvalue weighted by Crippen LogP contribution is 2.21. The van der Waals surface area contributed by atoms with Crippen molar-refractivity contribution >= 4 is 28.7 Å². The van der Waals surface area contributed by atoms with Crippen molar-refractivity contribution in [2.45, 2.75) is 53.4 Å². The number of carbonyl (C=O) groups excluding carboxylic acids is 2. The molecule has 0 saturated carbocycles. The summed E-state index contributed by atoms with van der Waals surface area (Å²) in [5, 5.41) is 5.56. The number of aryl methyl sites for hydroxylation is 3. The summed E-state index contributed by atoms with van der Waals surface area (Å²) in [7, 11) is 1.58. The van der Waals surface area contributed by atoms with Gasteiger partial charge in [0.05, 0.1) is 13.0 Å². The second-order valence-electron chi connectivity index (χ2n) is 5.88. The Morgan fingerprint density at radius 3 is 2.08 bits per heavy atom. The minimum Gasteiger partial charge on any atom is -0.461 e. The number of ether oxygens (including phenoxy) is 1. The maximum atomic E-state index is 12.7. The molecule has 0 aliphatic heterocycles. The minimum absolute atomic E-state index is 0.144. The number of likely N-dealkylation sites (N-methyl/N-ethyl adjacent to an activating group) is 1. The first-order valence-electron chi connectivity index (χ1n) is 9.11. The molecule has 0 aromatic heterocycles. The molecule has 26 heavy (non-hydrogen) atoms. The highest BCUT2D eigenvalue weighted by molar-refractivity contribution is 8.15. The monoisotopic (exact) mass is 378 g/mol. The summed E-state index contributed by atoms with van der Waals surface area (Å²) < 4.78 is 4.96. The van der Waals surface area contributed by atoms with Crippen molar-refractivity contribution in [3.8, 4) is 0 Å². The summed E-state index contributed by atoms with van der Waals surface area (Å²) >= 11 is 1.17. The molecular formula is C20H30N2O3S. The topological polar surface area (TPSA) is 59.0 Å². The van der Waals surface area contributed by atoms with E-state index in [4.69, 9.17) is 4.74 Å². The number of hydrazone groups is 1. The van der Waals surface area contributed by atoms with E-state index < -0.39 is 5.97 Å². The van der Waals surface area contributed by atoms with Gasteiger partial charge >= 0.3 is 5.97 Å². The maximum absolute atomic E-state index is 12.7. The van der Waals surface area contributed by atoms with E-state index in [1.807, 2.05) is 0 Å². The minimum atomic E-state index is -0.504. The second kappa shape index (κ2) is 11.0. The van der Waals surface area contributed by atoms with Crippen LogP contribution in [0.4, 0.5) is 0 Å². The van der Waals surface area contributed by atoms with Crippen molar-refractivity contribution in [3.05, 3.63) is 34.4 Å². The third-order valence-corrected chi connectivity index (χ3v) is 4.87. The fourth-order valence-electron chi connectivity index (χ4n) is 2.75. The van der Waals surface area contributed by atoms with Gasteiger partial charge in [-0.3, -0.25) is 4.79 Å². The van der Waals surface area contributed by atoms with Gasteiger partial charge in [-0.15, -0.1) is 11.8 Å². The van der Waals surface area contributed by atoms with Gasteiger partial charge in [0.1, 0.15) is 0 Å². The Balaban J connectivity index is 3.07. The molecule has 0 atom stereocenters. The van der Waals surface area contributed by atoms with E-state index in [0.717, 1.165) is 24.8 Å². The van der Waals surface area contributed by atoms with E-state index in [-0.39, 0.29) is 24.0 Å². The number of rotatable bonds is 7. The van der Waals surface area contributed by atoms with Crippen LogP contribution in [-0.2, 0) is 40.0 Å². The second-order valence-corrected chi connectivity index (χ2v) is 6.67. The zero-order valence-corrected chi connectivity index (χ0v) is 17.5. The maximum Gasteiger partial charge on any atom is 0.365 e. The van der Waals surface area contributed by atoms with Gasteiger partial charge in [-0.05, 0) is 54.7 Å². The lowest BCUT2D eigenvalue weighted by molar-refractivity contribution is -0.134. The molecule has 0 spiro atoms. The summed E-state index contributed by atoms with van der Waals surface area (Å²) in [6.07, 6.45) is 4.77. The van der Waals surface area contributed by atoms with Crippen LogP contribution in [0.3, 0.4) is 0 Å². The van der Waals surface area contributed by atoms with Crippen molar-refractivity contribution in [2.24, 2.45) is 5.10 Å². The first-order valence-corrected chi connectivity index (χ1v) is 10.3. The summed E-state index contributed by atoms with van der Waals surface area (Å²) in [5.74, 6) is -0.648. The molecule has 5 nitrogen and oxygen atoms in total. The molecule has 6 heteroatoms. The van der Waals surface area contributed by atoms with Crippen LogP contribution in [0.5, 0.6) is 0 Å². The van der Waals surface area contributed by atoms with Crippen LogP contribution in [0.2, 0.25) is 0 Å². The molecule has 1 aromatic carbocycles. The molecule has 0 N–H and O–H groups in total. The number of amides is 1. The molecule has 1 rings (SSSR count). The normalized spacial score (nSPS) is 11.4. The predicted octanol–water partition coefficient (Wildman–Crippen LogP) is 3.61. The molecule has 0 radical (unpaired) electrons. The third-order valence-electron chi connectivity index (χ3n) is 4.24. The molecule has 0 aliphatic carbocycles. The Labute approximate surface area is 161 Å². The van der Waals surface area contributed by atoms with Crippen LogP contribution in [0.15, 0.2) is 17.2 Å². The first kappa shape index (κ1) is 22.2. The van der Waals surface area contributed by atoms with Crippen LogP contribution in [0.1, 0.15) is 49.9 Å². The van der Waals surface area contributed by atoms with E-state index in [2.05, 4.69) is 38.0 Å². The van der Waals surface area contributed by atoms with Gasteiger partial charge < -0.3 is 4.74 Å². The molecule has 144 valence electrons. The number of thioether (sulfide) groups is 1. The Hall–Kier alpha value is -1.82. The van der Waals surface area contributed by atoms with Gasteiger partial charge in [0, 0.05) is 7.05 Å². The highest BCUT2D eigenvalue weighted by atomic mass is 32.2. The van der Waals surface area contributed by atoms with E-state index in [0.29, 0.717) is 0 Å². The Morgan fingerprint density at radius 2 is 1.65 bits per heavy atom. The lowest BCUT2D eigenvalue weighted by atomic mass is 9.91. The van der Waals surface area contributed by atoms with Crippen molar-refractivity contribution in [1.29, 1.82) is 0 Å². The average molecular weight is 379 g/mol. The van der Waals surface area contributed by atoms with E-state index >= 15 is 0 Å². The molecule has 0 heterocycles. The average Bonchev–Trinajstić information content (AvgIpc) is 2.65. The van der Waals surface area contributed by atoms with Crippen LogP contribution in [-0.4, -0.2) is 41.8 Å². The number of esters is 1. The fraction of sp³-hybridized carbons (Fsp3) is 0.550. The Bertz CT molecular complexity index is 646. The SMILES string of the molecule is CCOC(=O)C(=NN(C)C(=O)Cc1c(CC)cc(CC)cc1CC)SC. The molecule has 1 aromatic rings. The van der Waals surface area contributed by atoms with Crippen molar-refractivity contribution in [3.63, 3.8) is 0 Å². The zero-order valence-electron chi connectivity index (χ0n) is 16.7. The van der Waals surface area contributed by atoms with Gasteiger partial charge in [-0.1, -0.05) is 32.9 Å². The number of hydrogen-bond donors (Lipinski definition) is 0. The zero-order chi connectivity index (χ0) is 19.7. The summed E-state index contributed by atoms with van der Waals surface area (Å²) in [6, 6.07) is 4.38. The van der Waals surface area contributed by atoms with Gasteiger partial charge in [-0.25, -0.2) is 9.80 Å². The lowest BCUT2D eigenvalue weighted by Gasteiger charge is -2.18. The smallest absolute Gasteiger partial charge is 0.365 e. The largest absolute Gasteiger partial charge is 0.461 e. The highest BCUT2D eigenvalue weighted by Gasteiger charge is 2.18. The molecule has 0 aliphatic rings. The van der Waals surface area contributed by atoms with E-state index in [1.165, 1.54) is 33.5 Å². The first-order chi connectivity index (χ1) is 12.4. The van der Waals surface area contributed by atoms with Crippen molar-refractivity contribution < 1.29 is 14.3 Å². The molecule has 0 unspecified atom stereocenters. The van der Waals surface area contributed by atoms with Gasteiger partial charge in [-0.2, -0.15) is 5.10 Å². The van der Waals surface area contributed by atoms with Crippen LogP contribution >= 0.6 is 11.8 Å². The van der Waals surface area contributed by atoms with E-state index in [9.17, 15) is 9.59 Å². The quantitative estimate of drug-likeness (QED) is 0.315.